The van der Waals surface area contributed by atoms with Gasteiger partial charge < -0.3 is 20.1 Å². The highest BCUT2D eigenvalue weighted by molar-refractivity contribution is 6.34. The molecule has 6 heteroatoms. The van der Waals surface area contributed by atoms with E-state index < -0.39 is 0 Å². The van der Waals surface area contributed by atoms with E-state index in [1.54, 1.807) is 12.1 Å². The number of halogens is 1. The van der Waals surface area contributed by atoms with Gasteiger partial charge in [0.1, 0.15) is 13.2 Å². The summed E-state index contributed by atoms with van der Waals surface area (Å²) >= 11 is 6.19. The number of carbonyl (C=O) groups excluding carboxylic acids is 1. The number of ether oxygens (including phenoxy) is 2. The Kier molecular flexibility index (Phi) is 4.81. The van der Waals surface area contributed by atoms with Crippen LogP contribution in [0.15, 0.2) is 30.3 Å². The second kappa shape index (κ2) is 7.01. The van der Waals surface area contributed by atoms with Crippen molar-refractivity contribution in [3.8, 4) is 11.5 Å². The third kappa shape index (κ3) is 3.92. The summed E-state index contributed by atoms with van der Waals surface area (Å²) in [6, 6.07) is 9.42. The molecule has 5 nitrogen and oxygen atoms in total. The zero-order valence-electron chi connectivity index (χ0n) is 13.6. The molecule has 0 bridgehead atoms. The van der Waals surface area contributed by atoms with Crippen LogP contribution in [-0.2, 0) is 4.79 Å². The van der Waals surface area contributed by atoms with Crippen LogP contribution in [0.2, 0.25) is 5.02 Å². The summed E-state index contributed by atoms with van der Waals surface area (Å²) < 4.78 is 11.0. The van der Waals surface area contributed by atoms with Crippen molar-refractivity contribution in [2.45, 2.75) is 13.8 Å². The lowest BCUT2D eigenvalue weighted by atomic mass is 10.1. The number of aryl methyl sites for hydroxylation is 2. The maximum Gasteiger partial charge on any atom is 0.243 e. The molecule has 2 aromatic rings. The van der Waals surface area contributed by atoms with Gasteiger partial charge in [-0.2, -0.15) is 0 Å². The van der Waals surface area contributed by atoms with Gasteiger partial charge in [0, 0.05) is 17.8 Å². The van der Waals surface area contributed by atoms with E-state index in [4.69, 9.17) is 21.1 Å². The molecule has 0 spiro atoms. The standard InChI is InChI=1S/C18H19ClN2O3/c1-11-5-12(2)7-13(6-11)20-10-18(22)21-15-9-17-16(8-14(15)19)23-3-4-24-17/h5-9,20H,3-4,10H2,1-2H3,(H,21,22). The van der Waals surface area contributed by atoms with E-state index in [0.717, 1.165) is 16.8 Å². The Bertz CT molecular complexity index is 757. The Morgan fingerprint density at radius 1 is 1.04 bits per heavy atom. The van der Waals surface area contributed by atoms with Crippen LogP contribution < -0.4 is 20.1 Å². The highest BCUT2D eigenvalue weighted by atomic mass is 35.5. The van der Waals surface area contributed by atoms with E-state index in [-0.39, 0.29) is 12.5 Å². The van der Waals surface area contributed by atoms with Gasteiger partial charge in [0.25, 0.3) is 0 Å². The van der Waals surface area contributed by atoms with Gasteiger partial charge in [-0.3, -0.25) is 4.79 Å². The summed E-state index contributed by atoms with van der Waals surface area (Å²) in [5, 5.41) is 6.32. The predicted octanol–water partition coefficient (Wildman–Crippen LogP) is 3.78. The Morgan fingerprint density at radius 2 is 1.67 bits per heavy atom. The zero-order valence-corrected chi connectivity index (χ0v) is 14.4. The van der Waals surface area contributed by atoms with Crippen molar-refractivity contribution < 1.29 is 14.3 Å². The summed E-state index contributed by atoms with van der Waals surface area (Å²) in [5.74, 6) is 0.994. The number of rotatable bonds is 4. The molecule has 126 valence electrons. The Morgan fingerprint density at radius 3 is 2.33 bits per heavy atom. The predicted molar refractivity (Wildman–Crippen MR) is 95.5 cm³/mol. The number of carbonyl (C=O) groups is 1. The van der Waals surface area contributed by atoms with Crippen molar-refractivity contribution in [1.82, 2.24) is 0 Å². The van der Waals surface area contributed by atoms with Crippen LogP contribution in [0.4, 0.5) is 11.4 Å². The number of amides is 1. The van der Waals surface area contributed by atoms with Gasteiger partial charge in [-0.1, -0.05) is 17.7 Å². The van der Waals surface area contributed by atoms with Gasteiger partial charge in [-0.25, -0.2) is 0 Å². The van der Waals surface area contributed by atoms with E-state index in [1.165, 1.54) is 0 Å². The molecule has 0 saturated carbocycles. The van der Waals surface area contributed by atoms with Gasteiger partial charge >= 0.3 is 0 Å². The SMILES string of the molecule is Cc1cc(C)cc(NCC(=O)Nc2cc3c(cc2Cl)OCCO3)c1. The largest absolute Gasteiger partial charge is 0.486 e. The Hall–Kier alpha value is -2.40. The molecular formula is C18H19ClN2O3. The summed E-state index contributed by atoms with van der Waals surface area (Å²) in [6.45, 7) is 5.17. The minimum atomic E-state index is -0.187. The number of hydrogen-bond acceptors (Lipinski definition) is 4. The highest BCUT2D eigenvalue weighted by Crippen LogP contribution is 2.37. The van der Waals surface area contributed by atoms with Crippen LogP contribution in [0.5, 0.6) is 11.5 Å². The first-order chi connectivity index (χ1) is 11.5. The molecule has 1 aliphatic heterocycles. The van der Waals surface area contributed by atoms with E-state index in [0.29, 0.717) is 35.4 Å². The fourth-order valence-electron chi connectivity index (χ4n) is 2.61. The van der Waals surface area contributed by atoms with Crippen LogP contribution in [0.1, 0.15) is 11.1 Å². The van der Waals surface area contributed by atoms with Crippen molar-refractivity contribution in [3.05, 3.63) is 46.5 Å². The van der Waals surface area contributed by atoms with Crippen LogP contribution in [0.25, 0.3) is 0 Å². The molecule has 0 unspecified atom stereocenters. The first-order valence-corrected chi connectivity index (χ1v) is 8.10. The number of fused-ring (bicyclic) bond motifs is 1. The fourth-order valence-corrected chi connectivity index (χ4v) is 2.81. The fraction of sp³-hybridized carbons (Fsp3) is 0.278. The Labute approximate surface area is 145 Å². The van der Waals surface area contributed by atoms with E-state index in [2.05, 4.69) is 16.7 Å². The molecule has 2 aromatic carbocycles. The summed E-state index contributed by atoms with van der Waals surface area (Å²) in [6.07, 6.45) is 0. The average molecular weight is 347 g/mol. The van der Waals surface area contributed by atoms with E-state index in [1.807, 2.05) is 26.0 Å². The van der Waals surface area contributed by atoms with Crippen LogP contribution in [-0.4, -0.2) is 25.7 Å². The first kappa shape index (κ1) is 16.5. The molecule has 3 rings (SSSR count). The van der Waals surface area contributed by atoms with Gasteiger partial charge in [0.2, 0.25) is 5.91 Å². The molecule has 24 heavy (non-hydrogen) atoms. The van der Waals surface area contributed by atoms with Crippen LogP contribution >= 0.6 is 11.6 Å². The van der Waals surface area contributed by atoms with Crippen molar-refractivity contribution >= 4 is 28.9 Å². The smallest absolute Gasteiger partial charge is 0.243 e. The monoisotopic (exact) mass is 346 g/mol. The lowest BCUT2D eigenvalue weighted by Gasteiger charge is -2.20. The van der Waals surface area contributed by atoms with Crippen molar-refractivity contribution in [3.63, 3.8) is 0 Å². The number of anilines is 2. The lowest BCUT2D eigenvalue weighted by molar-refractivity contribution is -0.114. The van der Waals surface area contributed by atoms with Gasteiger partial charge in [0.05, 0.1) is 17.3 Å². The third-order valence-electron chi connectivity index (χ3n) is 3.58. The maximum atomic E-state index is 12.2. The maximum absolute atomic E-state index is 12.2. The molecule has 1 aliphatic rings. The lowest BCUT2D eigenvalue weighted by Crippen LogP contribution is -2.22. The second-order valence-corrected chi connectivity index (χ2v) is 6.16. The quantitative estimate of drug-likeness (QED) is 0.884. The highest BCUT2D eigenvalue weighted by Gasteiger charge is 2.16. The molecule has 2 N–H and O–H groups in total. The zero-order chi connectivity index (χ0) is 17.1. The summed E-state index contributed by atoms with van der Waals surface area (Å²) in [7, 11) is 0. The molecule has 0 atom stereocenters. The van der Waals surface area contributed by atoms with Crippen LogP contribution in [0, 0.1) is 13.8 Å². The molecule has 0 saturated heterocycles. The number of nitrogens with one attached hydrogen (secondary N) is 2. The summed E-state index contributed by atoms with van der Waals surface area (Å²) in [5.41, 5.74) is 3.71. The second-order valence-electron chi connectivity index (χ2n) is 5.75. The molecule has 0 aliphatic carbocycles. The summed E-state index contributed by atoms with van der Waals surface area (Å²) in [4.78, 5) is 12.2. The topological polar surface area (TPSA) is 59.6 Å². The first-order valence-electron chi connectivity index (χ1n) is 7.72. The number of benzene rings is 2. The molecule has 0 aromatic heterocycles. The van der Waals surface area contributed by atoms with Crippen molar-refractivity contribution in [1.29, 1.82) is 0 Å². The van der Waals surface area contributed by atoms with Crippen molar-refractivity contribution in [2.24, 2.45) is 0 Å². The van der Waals surface area contributed by atoms with Gasteiger partial charge in [0.15, 0.2) is 11.5 Å². The molecular weight excluding hydrogens is 328 g/mol. The molecule has 1 heterocycles. The van der Waals surface area contributed by atoms with Gasteiger partial charge in [-0.05, 0) is 37.1 Å². The molecule has 1 amide bonds. The normalized spacial score (nSPS) is 12.6. The van der Waals surface area contributed by atoms with Crippen LogP contribution in [0.3, 0.4) is 0 Å². The molecule has 0 fully saturated rings. The minimum Gasteiger partial charge on any atom is -0.486 e. The van der Waals surface area contributed by atoms with E-state index in [9.17, 15) is 4.79 Å². The Balaban J connectivity index is 1.64. The average Bonchev–Trinajstić information content (AvgIpc) is 2.53. The molecule has 0 radical (unpaired) electrons. The van der Waals surface area contributed by atoms with E-state index >= 15 is 0 Å². The van der Waals surface area contributed by atoms with Gasteiger partial charge in [-0.15, -0.1) is 0 Å². The number of hydrogen-bond donors (Lipinski definition) is 2. The third-order valence-corrected chi connectivity index (χ3v) is 3.89. The minimum absolute atomic E-state index is 0.146. The van der Waals surface area contributed by atoms with Crippen molar-refractivity contribution in [2.75, 3.05) is 30.4 Å².